The Kier molecular flexibility index (Phi) is 10.2. The molecule has 0 radical (unpaired) electrons. The van der Waals surface area contributed by atoms with Crippen molar-refractivity contribution in [1.82, 2.24) is 0 Å². The van der Waals surface area contributed by atoms with Gasteiger partial charge in [-0.3, -0.25) is 10.1 Å². The molecule has 0 bridgehead atoms. The first-order valence-electron chi connectivity index (χ1n) is 11.1. The monoisotopic (exact) mass is 622 g/mol. The molecular formula is C23H24Cl2N2O8S3. The van der Waals surface area contributed by atoms with E-state index in [4.69, 9.17) is 31.6 Å². The fourth-order valence-corrected chi connectivity index (χ4v) is 7.93. The van der Waals surface area contributed by atoms with Gasteiger partial charge in [0.05, 0.1) is 4.92 Å². The second-order valence-electron chi connectivity index (χ2n) is 7.92. The minimum atomic E-state index is -4.93. The number of anilines is 1. The third kappa shape index (κ3) is 7.50. The first-order chi connectivity index (χ1) is 18.0. The van der Waals surface area contributed by atoms with E-state index in [1.54, 1.807) is 18.2 Å². The smallest absolute Gasteiger partial charge is 0.330 e. The molecule has 1 atom stereocenters. The van der Waals surface area contributed by atoms with Crippen LogP contribution in [-0.2, 0) is 26.7 Å². The minimum absolute atomic E-state index is 0.0365. The lowest BCUT2D eigenvalue weighted by molar-refractivity contribution is -0.380. The van der Waals surface area contributed by atoms with Gasteiger partial charge in [-0.15, -0.1) is 23.2 Å². The predicted molar refractivity (Wildman–Crippen MR) is 149 cm³/mol. The molecule has 0 fully saturated rings. The van der Waals surface area contributed by atoms with Gasteiger partial charge < -0.3 is 13.3 Å². The summed E-state index contributed by atoms with van der Waals surface area (Å²) >= 11 is 12.4. The van der Waals surface area contributed by atoms with Crippen molar-refractivity contribution in [2.24, 2.45) is 0 Å². The molecule has 0 spiro atoms. The summed E-state index contributed by atoms with van der Waals surface area (Å²) in [6.45, 7) is 2.53. The van der Waals surface area contributed by atoms with Crippen LogP contribution < -0.4 is 13.3 Å². The van der Waals surface area contributed by atoms with Gasteiger partial charge >= 0.3 is 25.2 Å². The second kappa shape index (κ2) is 13.0. The molecule has 1 heterocycles. The maximum Gasteiger partial charge on any atom is 0.330 e. The van der Waals surface area contributed by atoms with Crippen LogP contribution in [0.15, 0.2) is 60.0 Å². The molecule has 3 aromatic rings. The second-order valence-corrected chi connectivity index (χ2v) is 13.3. The van der Waals surface area contributed by atoms with Crippen molar-refractivity contribution in [3.63, 3.8) is 0 Å². The van der Waals surface area contributed by atoms with Crippen molar-refractivity contribution >= 4 is 65.5 Å². The van der Waals surface area contributed by atoms with Crippen LogP contribution in [0.1, 0.15) is 11.1 Å². The first-order valence-corrected chi connectivity index (χ1v) is 16.0. The Morgan fingerprint density at radius 3 is 1.95 bits per heavy atom. The highest BCUT2D eigenvalue weighted by atomic mass is 35.5. The van der Waals surface area contributed by atoms with E-state index in [9.17, 15) is 26.9 Å². The van der Waals surface area contributed by atoms with E-state index in [1.165, 1.54) is 48.7 Å². The Morgan fingerprint density at radius 2 is 1.45 bits per heavy atom. The van der Waals surface area contributed by atoms with Crippen LogP contribution in [-0.4, -0.2) is 51.2 Å². The number of halogens is 2. The number of thiophene rings is 1. The number of alkyl halides is 2. The van der Waals surface area contributed by atoms with Crippen molar-refractivity contribution in [3.8, 4) is 11.5 Å². The molecule has 0 amide bonds. The summed E-state index contributed by atoms with van der Waals surface area (Å²) in [5, 5.41) is 12.6. The Morgan fingerprint density at radius 1 is 0.921 bits per heavy atom. The quantitative estimate of drug-likeness (QED) is 0.106. The SMILES string of the molecule is Cc1csc([N+](=O)[O-])c1CC(S(=O)(=O)Oc1ccccc1)S(=O)(=O)Oc1ccc(N(CCCl)CCCl)cc1. The zero-order chi connectivity index (χ0) is 27.9. The summed E-state index contributed by atoms with van der Waals surface area (Å²) in [6.07, 6.45) is -0.750. The number of aryl methyl sites for hydroxylation is 1. The fraction of sp³-hybridized carbons (Fsp3) is 0.304. The molecule has 0 saturated carbocycles. The third-order valence-electron chi connectivity index (χ3n) is 5.34. The van der Waals surface area contributed by atoms with Gasteiger partial charge in [0, 0.05) is 47.9 Å². The lowest BCUT2D eigenvalue weighted by atomic mass is 10.1. The molecule has 0 N–H and O–H groups in total. The first kappa shape index (κ1) is 30.0. The van der Waals surface area contributed by atoms with Crippen LogP contribution in [0, 0.1) is 17.0 Å². The predicted octanol–water partition coefficient (Wildman–Crippen LogP) is 4.93. The molecule has 206 valence electrons. The zero-order valence-corrected chi connectivity index (χ0v) is 24.0. The van der Waals surface area contributed by atoms with E-state index in [1.807, 2.05) is 4.90 Å². The number of hydrogen-bond donors (Lipinski definition) is 0. The highest BCUT2D eigenvalue weighted by Crippen LogP contribution is 2.34. The summed E-state index contributed by atoms with van der Waals surface area (Å²) in [7, 11) is -9.82. The van der Waals surface area contributed by atoms with E-state index in [0.29, 0.717) is 36.1 Å². The normalized spacial score (nSPS) is 12.6. The van der Waals surface area contributed by atoms with Crippen LogP contribution in [0.5, 0.6) is 11.5 Å². The van der Waals surface area contributed by atoms with Gasteiger partial charge in [-0.05, 0) is 48.9 Å². The Labute approximate surface area is 235 Å². The number of rotatable bonds is 14. The van der Waals surface area contributed by atoms with E-state index < -0.39 is 36.2 Å². The zero-order valence-electron chi connectivity index (χ0n) is 20.0. The Balaban J connectivity index is 1.97. The molecule has 15 heteroatoms. The average Bonchev–Trinajstić information content (AvgIpc) is 3.23. The van der Waals surface area contributed by atoms with E-state index >= 15 is 0 Å². The fourth-order valence-electron chi connectivity index (χ4n) is 3.51. The summed E-state index contributed by atoms with van der Waals surface area (Å²) in [6, 6.07) is 13.2. The largest absolute Gasteiger partial charge is 0.381 e. The maximum absolute atomic E-state index is 13.4. The molecule has 10 nitrogen and oxygen atoms in total. The molecule has 3 rings (SSSR count). The number of nitrogens with zero attached hydrogens (tertiary/aromatic N) is 2. The number of benzene rings is 2. The van der Waals surface area contributed by atoms with E-state index in [0.717, 1.165) is 11.3 Å². The summed E-state index contributed by atoms with van der Waals surface area (Å²) in [4.78, 5) is 12.7. The average molecular weight is 624 g/mol. The molecule has 38 heavy (non-hydrogen) atoms. The van der Waals surface area contributed by atoms with Crippen LogP contribution in [0.4, 0.5) is 10.7 Å². The van der Waals surface area contributed by atoms with Crippen molar-refractivity contribution in [2.75, 3.05) is 29.7 Å². The Hall–Kier alpha value is -2.58. The van der Waals surface area contributed by atoms with Gasteiger partial charge in [-0.2, -0.15) is 16.8 Å². The van der Waals surface area contributed by atoms with Crippen molar-refractivity contribution in [2.45, 2.75) is 17.9 Å². The molecule has 0 saturated heterocycles. The van der Waals surface area contributed by atoms with Gasteiger partial charge in [-0.25, -0.2) is 0 Å². The standard InChI is InChI=1S/C23H24Cl2N2O8S3/c1-17-16-36-23(27(28)29)21(17)15-22(37(30,31)34-19-5-3-2-4-6-19)38(32,33)35-20-9-7-18(8-10-20)26(13-11-24)14-12-25/h2-10,16,22H,11-15H2,1H3. The van der Waals surface area contributed by atoms with Gasteiger partial charge in [0.25, 0.3) is 0 Å². The highest BCUT2D eigenvalue weighted by molar-refractivity contribution is 8.05. The topological polar surface area (TPSA) is 133 Å². The minimum Gasteiger partial charge on any atom is -0.381 e. The number of hydrogen-bond acceptors (Lipinski definition) is 10. The van der Waals surface area contributed by atoms with Crippen molar-refractivity contribution in [3.05, 3.63) is 81.2 Å². The maximum atomic E-state index is 13.4. The van der Waals surface area contributed by atoms with Gasteiger partial charge in [0.2, 0.25) is 4.58 Å². The lowest BCUT2D eigenvalue weighted by Gasteiger charge is -2.23. The van der Waals surface area contributed by atoms with Gasteiger partial charge in [0.15, 0.2) is 0 Å². The lowest BCUT2D eigenvalue weighted by Crippen LogP contribution is -2.38. The van der Waals surface area contributed by atoms with Crippen LogP contribution >= 0.6 is 34.5 Å². The number of para-hydroxylation sites is 1. The van der Waals surface area contributed by atoms with E-state index in [2.05, 4.69) is 0 Å². The molecule has 0 aliphatic rings. The molecule has 1 aromatic heterocycles. The molecule has 2 aromatic carbocycles. The Bertz CT molecular complexity index is 1440. The van der Waals surface area contributed by atoms with Crippen molar-refractivity contribution in [1.29, 1.82) is 0 Å². The van der Waals surface area contributed by atoms with Crippen LogP contribution in [0.25, 0.3) is 0 Å². The summed E-state index contributed by atoms with van der Waals surface area (Å²) in [5.74, 6) is 0.422. The van der Waals surface area contributed by atoms with Crippen molar-refractivity contribution < 1.29 is 30.1 Å². The molecule has 0 aliphatic heterocycles. The summed E-state index contributed by atoms with van der Waals surface area (Å²) in [5.41, 5.74) is 1.04. The molecular weight excluding hydrogens is 599 g/mol. The molecule has 1 unspecified atom stereocenters. The third-order valence-corrected chi connectivity index (χ3v) is 10.7. The van der Waals surface area contributed by atoms with E-state index in [-0.39, 0.29) is 22.1 Å². The van der Waals surface area contributed by atoms with Crippen LogP contribution in [0.2, 0.25) is 0 Å². The molecule has 0 aliphatic carbocycles. The van der Waals surface area contributed by atoms with Gasteiger partial charge in [-0.1, -0.05) is 29.5 Å². The van der Waals surface area contributed by atoms with Crippen LogP contribution in [0.3, 0.4) is 0 Å². The van der Waals surface area contributed by atoms with Gasteiger partial charge in [0.1, 0.15) is 11.5 Å². The summed E-state index contributed by atoms with van der Waals surface area (Å²) < 4.78 is 61.3. The highest BCUT2D eigenvalue weighted by Gasteiger charge is 2.44. The number of nitro groups is 1.